The maximum Gasteiger partial charge on any atom is 0.0794 e. The normalized spacial score (nSPS) is 24.4. The second-order valence-corrected chi connectivity index (χ2v) is 6.75. The molecule has 1 saturated heterocycles. The highest BCUT2D eigenvalue weighted by Gasteiger charge is 2.31. The zero-order chi connectivity index (χ0) is 11.1. The maximum atomic E-state index is 5.97. The lowest BCUT2D eigenvalue weighted by Crippen LogP contribution is -2.35. The molecule has 1 fully saturated rings. The highest BCUT2D eigenvalue weighted by atomic mass is 79.9. The first kappa shape index (κ1) is 11.8. The summed E-state index contributed by atoms with van der Waals surface area (Å²) in [7, 11) is 0. The molecule has 0 aromatic heterocycles. The molecule has 1 aliphatic rings. The average molecular weight is 307 g/mol. The monoisotopic (exact) mass is 305 g/mol. The Bertz CT molecular complexity index is 381. The van der Waals surface area contributed by atoms with E-state index in [9.17, 15) is 0 Å². The van der Waals surface area contributed by atoms with E-state index < -0.39 is 0 Å². The van der Waals surface area contributed by atoms with Crippen LogP contribution >= 0.6 is 39.3 Å². The van der Waals surface area contributed by atoms with Gasteiger partial charge in [-0.15, -0.1) is 11.8 Å². The number of halogens is 2. The summed E-state index contributed by atoms with van der Waals surface area (Å²) < 4.78 is 0.966. The minimum absolute atomic E-state index is 0.224. The van der Waals surface area contributed by atoms with Crippen molar-refractivity contribution in [2.45, 2.75) is 24.8 Å². The summed E-state index contributed by atoms with van der Waals surface area (Å²) in [4.78, 5) is 0. The maximum absolute atomic E-state index is 5.97. The summed E-state index contributed by atoms with van der Waals surface area (Å²) in [6.07, 6.45) is 0. The molecule has 0 radical (unpaired) electrons. The topological polar surface area (TPSA) is 12.0 Å². The van der Waals surface area contributed by atoms with Crippen molar-refractivity contribution in [3.8, 4) is 0 Å². The van der Waals surface area contributed by atoms with E-state index in [1.165, 1.54) is 5.56 Å². The lowest BCUT2D eigenvalue weighted by molar-refractivity contribution is 0.452. The van der Waals surface area contributed by atoms with Crippen LogP contribution in [0.5, 0.6) is 0 Å². The first-order valence-electron chi connectivity index (χ1n) is 4.82. The van der Waals surface area contributed by atoms with Crippen LogP contribution in [-0.2, 0) is 0 Å². The molecule has 1 atom stereocenters. The van der Waals surface area contributed by atoms with Gasteiger partial charge in [-0.3, -0.25) is 5.32 Å². The molecule has 2 rings (SSSR count). The smallest absolute Gasteiger partial charge is 0.0794 e. The second kappa shape index (κ2) is 4.28. The zero-order valence-electron chi connectivity index (χ0n) is 8.68. The van der Waals surface area contributed by atoms with E-state index in [2.05, 4.69) is 47.2 Å². The third-order valence-corrected chi connectivity index (χ3v) is 5.20. The second-order valence-electron chi connectivity index (χ2n) is 4.39. The Labute approximate surface area is 108 Å². The van der Waals surface area contributed by atoms with Gasteiger partial charge in [0.2, 0.25) is 0 Å². The van der Waals surface area contributed by atoms with Crippen molar-refractivity contribution in [3.63, 3.8) is 0 Å². The highest BCUT2D eigenvalue weighted by Crippen LogP contribution is 2.38. The van der Waals surface area contributed by atoms with Crippen molar-refractivity contribution in [1.82, 2.24) is 5.32 Å². The summed E-state index contributed by atoms with van der Waals surface area (Å²) >= 11 is 11.4. The van der Waals surface area contributed by atoms with Gasteiger partial charge in [0.15, 0.2) is 0 Å². The van der Waals surface area contributed by atoms with Crippen molar-refractivity contribution < 1.29 is 0 Å². The zero-order valence-corrected chi connectivity index (χ0v) is 11.8. The minimum Gasteiger partial charge on any atom is -0.296 e. The molecule has 1 N–H and O–H groups in total. The standard InChI is InChI=1S/C11H13BrClNS/c1-11(2)6-15-10(14-11)7-3-4-9(13)8(12)5-7/h3-5,10,14H,6H2,1-2H3. The first-order chi connectivity index (χ1) is 6.98. The van der Waals surface area contributed by atoms with Crippen LogP contribution in [0.3, 0.4) is 0 Å². The number of hydrogen-bond acceptors (Lipinski definition) is 2. The summed E-state index contributed by atoms with van der Waals surface area (Å²) in [5, 5.41) is 4.74. The van der Waals surface area contributed by atoms with Gasteiger partial charge in [0, 0.05) is 15.8 Å². The van der Waals surface area contributed by atoms with E-state index in [-0.39, 0.29) is 5.54 Å². The molecule has 0 aliphatic carbocycles. The molecular formula is C11H13BrClNS. The number of rotatable bonds is 1. The fourth-order valence-electron chi connectivity index (χ4n) is 1.58. The molecule has 0 bridgehead atoms. The Balaban J connectivity index is 2.21. The molecule has 1 aromatic rings. The largest absolute Gasteiger partial charge is 0.296 e. The van der Waals surface area contributed by atoms with Crippen molar-refractivity contribution >= 4 is 39.3 Å². The average Bonchev–Trinajstić information content (AvgIpc) is 2.51. The third-order valence-electron chi connectivity index (χ3n) is 2.38. The number of thioether (sulfide) groups is 1. The van der Waals surface area contributed by atoms with Gasteiger partial charge in [0.25, 0.3) is 0 Å². The molecule has 1 nitrogen and oxygen atoms in total. The van der Waals surface area contributed by atoms with E-state index >= 15 is 0 Å². The Kier molecular flexibility index (Phi) is 3.36. The van der Waals surface area contributed by atoms with E-state index in [1.807, 2.05) is 17.8 Å². The van der Waals surface area contributed by atoms with Crippen LogP contribution < -0.4 is 5.32 Å². The molecular weight excluding hydrogens is 294 g/mol. The SMILES string of the molecule is CC1(C)CSC(c2ccc(Cl)c(Br)c2)N1. The first-order valence-corrected chi connectivity index (χ1v) is 7.04. The summed E-state index contributed by atoms with van der Waals surface area (Å²) in [6.45, 7) is 4.45. The molecule has 15 heavy (non-hydrogen) atoms. The molecule has 1 aromatic carbocycles. The Hall–Kier alpha value is 0.300. The molecule has 0 spiro atoms. The predicted octanol–water partition coefficient (Wildman–Crippen LogP) is 4.22. The van der Waals surface area contributed by atoms with Crippen LogP contribution in [0.1, 0.15) is 24.8 Å². The summed E-state index contributed by atoms with van der Waals surface area (Å²) in [5.41, 5.74) is 1.50. The van der Waals surface area contributed by atoms with Gasteiger partial charge in [-0.2, -0.15) is 0 Å². The van der Waals surface area contributed by atoms with E-state index in [0.717, 1.165) is 15.2 Å². The van der Waals surface area contributed by atoms with Crippen LogP contribution in [0.25, 0.3) is 0 Å². The fraction of sp³-hybridized carbons (Fsp3) is 0.455. The minimum atomic E-state index is 0.224. The van der Waals surface area contributed by atoms with Crippen LogP contribution in [0.15, 0.2) is 22.7 Å². The molecule has 4 heteroatoms. The Morgan fingerprint density at radius 3 is 2.80 bits per heavy atom. The quantitative estimate of drug-likeness (QED) is 0.834. The van der Waals surface area contributed by atoms with Gasteiger partial charge >= 0.3 is 0 Å². The van der Waals surface area contributed by atoms with E-state index in [1.54, 1.807) is 0 Å². The van der Waals surface area contributed by atoms with E-state index in [4.69, 9.17) is 11.6 Å². The predicted molar refractivity (Wildman–Crippen MR) is 71.6 cm³/mol. The van der Waals surface area contributed by atoms with E-state index in [0.29, 0.717) is 5.37 Å². The van der Waals surface area contributed by atoms with Gasteiger partial charge in [-0.25, -0.2) is 0 Å². The third kappa shape index (κ3) is 2.70. The molecule has 0 amide bonds. The fourth-order valence-corrected chi connectivity index (χ4v) is 3.51. The van der Waals surface area contributed by atoms with Crippen LogP contribution in [0.2, 0.25) is 5.02 Å². The van der Waals surface area contributed by atoms with Crippen molar-refractivity contribution in [2.24, 2.45) is 0 Å². The highest BCUT2D eigenvalue weighted by molar-refractivity contribution is 9.10. The van der Waals surface area contributed by atoms with Gasteiger partial charge in [-0.05, 0) is 47.5 Å². The molecule has 82 valence electrons. The van der Waals surface area contributed by atoms with Gasteiger partial charge in [0.05, 0.1) is 10.4 Å². The molecule has 1 unspecified atom stereocenters. The number of nitrogens with one attached hydrogen (secondary N) is 1. The van der Waals surface area contributed by atoms with Crippen LogP contribution in [0.4, 0.5) is 0 Å². The van der Waals surface area contributed by atoms with Crippen molar-refractivity contribution in [1.29, 1.82) is 0 Å². The van der Waals surface area contributed by atoms with Crippen LogP contribution in [0, 0.1) is 0 Å². The molecule has 0 saturated carbocycles. The molecule has 1 heterocycles. The lowest BCUT2D eigenvalue weighted by Gasteiger charge is -2.19. The Morgan fingerprint density at radius 1 is 1.53 bits per heavy atom. The Morgan fingerprint density at radius 2 is 2.27 bits per heavy atom. The summed E-state index contributed by atoms with van der Waals surface area (Å²) in [5.74, 6) is 1.14. The van der Waals surface area contributed by atoms with Crippen molar-refractivity contribution in [3.05, 3.63) is 33.3 Å². The molecule has 1 aliphatic heterocycles. The lowest BCUT2D eigenvalue weighted by atomic mass is 10.1. The number of benzene rings is 1. The van der Waals surface area contributed by atoms with Gasteiger partial charge in [0.1, 0.15) is 0 Å². The van der Waals surface area contributed by atoms with Crippen molar-refractivity contribution in [2.75, 3.05) is 5.75 Å². The van der Waals surface area contributed by atoms with Crippen LogP contribution in [-0.4, -0.2) is 11.3 Å². The van der Waals surface area contributed by atoms with Gasteiger partial charge in [-0.1, -0.05) is 17.7 Å². The van der Waals surface area contributed by atoms with Gasteiger partial charge < -0.3 is 0 Å². The summed E-state index contributed by atoms with van der Waals surface area (Å²) in [6, 6.07) is 6.11. The number of hydrogen-bond donors (Lipinski definition) is 1.